The van der Waals surface area contributed by atoms with Crippen molar-refractivity contribution in [1.82, 2.24) is 19.8 Å². The number of likely N-dealkylation sites (N-methyl/N-ethyl adjacent to an activating group) is 1. The fourth-order valence-electron chi connectivity index (χ4n) is 2.14. The van der Waals surface area contributed by atoms with Crippen molar-refractivity contribution in [2.75, 3.05) is 25.9 Å². The van der Waals surface area contributed by atoms with E-state index in [-0.39, 0.29) is 9.64 Å². The zero-order valence-corrected chi connectivity index (χ0v) is 13.6. The topological polar surface area (TPSA) is 76.0 Å². The van der Waals surface area contributed by atoms with Crippen LogP contribution in [0.5, 0.6) is 0 Å². The number of aromatic nitrogens is 2. The number of hydrogen-bond donors (Lipinski definition) is 2. The van der Waals surface area contributed by atoms with E-state index < -0.39 is 10.0 Å². The van der Waals surface area contributed by atoms with Gasteiger partial charge in [0.1, 0.15) is 4.90 Å². The third kappa shape index (κ3) is 3.97. The second kappa shape index (κ2) is 6.46. The lowest BCUT2D eigenvalue weighted by atomic mass is 10.1. The zero-order chi connectivity index (χ0) is 14.6. The molecule has 0 saturated carbocycles. The first-order chi connectivity index (χ1) is 9.45. The molecule has 1 saturated heterocycles. The van der Waals surface area contributed by atoms with Crippen molar-refractivity contribution in [3.63, 3.8) is 0 Å². The number of nitrogens with one attached hydrogen (secondary N) is 2. The Bertz CT molecular complexity index is 535. The summed E-state index contributed by atoms with van der Waals surface area (Å²) in [6, 6.07) is 0. The van der Waals surface area contributed by atoms with Gasteiger partial charge in [-0.3, -0.25) is 4.68 Å². The van der Waals surface area contributed by atoms with E-state index in [9.17, 15) is 8.42 Å². The molecule has 0 aromatic carbocycles. The lowest BCUT2D eigenvalue weighted by molar-refractivity contribution is 0.551. The van der Waals surface area contributed by atoms with Crippen LogP contribution in [-0.4, -0.2) is 48.8 Å². The molecule has 0 aliphatic carbocycles. The second-order valence-corrected chi connectivity index (χ2v) is 8.72. The summed E-state index contributed by atoms with van der Waals surface area (Å²) >= 11 is 1.84. The summed E-state index contributed by atoms with van der Waals surface area (Å²) in [6.45, 7) is 3.99. The van der Waals surface area contributed by atoms with Gasteiger partial charge in [-0.2, -0.15) is 16.9 Å². The van der Waals surface area contributed by atoms with Crippen molar-refractivity contribution in [2.24, 2.45) is 0 Å². The number of rotatable bonds is 7. The van der Waals surface area contributed by atoms with Gasteiger partial charge in [-0.1, -0.05) is 0 Å². The molecule has 1 aromatic heterocycles. The van der Waals surface area contributed by atoms with E-state index in [1.54, 1.807) is 10.9 Å². The highest BCUT2D eigenvalue weighted by atomic mass is 32.2. The third-order valence-corrected chi connectivity index (χ3v) is 6.34. The normalized spacial score (nSPS) is 23.3. The Labute approximate surface area is 124 Å². The lowest BCUT2D eigenvalue weighted by Gasteiger charge is -2.22. The zero-order valence-electron chi connectivity index (χ0n) is 11.9. The number of nitrogens with zero attached hydrogens (tertiary/aromatic N) is 2. The molecule has 0 radical (unpaired) electrons. The van der Waals surface area contributed by atoms with Crippen molar-refractivity contribution in [3.05, 3.63) is 12.4 Å². The Morgan fingerprint density at radius 3 is 3.00 bits per heavy atom. The minimum absolute atomic E-state index is 0.0230. The summed E-state index contributed by atoms with van der Waals surface area (Å²) in [5.41, 5.74) is 0. The SMILES string of the molecule is CNCCn1cc(S(=O)(=O)NCC2(C)CCCS2)cn1. The number of sulfonamides is 1. The van der Waals surface area contributed by atoms with Gasteiger partial charge in [0.15, 0.2) is 0 Å². The Morgan fingerprint density at radius 2 is 2.35 bits per heavy atom. The number of thioether (sulfide) groups is 1. The van der Waals surface area contributed by atoms with Crippen LogP contribution in [-0.2, 0) is 16.6 Å². The van der Waals surface area contributed by atoms with Crippen molar-refractivity contribution < 1.29 is 8.42 Å². The van der Waals surface area contributed by atoms with E-state index in [4.69, 9.17) is 0 Å². The van der Waals surface area contributed by atoms with E-state index in [0.29, 0.717) is 13.1 Å². The standard InChI is InChI=1S/C12H22N4O2S2/c1-12(4-3-7-19-12)10-15-20(17,18)11-8-14-16(9-11)6-5-13-2/h8-9,13,15H,3-7,10H2,1-2H3. The Morgan fingerprint density at radius 1 is 1.55 bits per heavy atom. The van der Waals surface area contributed by atoms with Gasteiger partial charge in [0.2, 0.25) is 10.0 Å². The molecule has 0 spiro atoms. The van der Waals surface area contributed by atoms with Crippen LogP contribution >= 0.6 is 11.8 Å². The van der Waals surface area contributed by atoms with Crippen molar-refractivity contribution in [3.8, 4) is 0 Å². The monoisotopic (exact) mass is 318 g/mol. The van der Waals surface area contributed by atoms with Crippen LogP contribution in [0, 0.1) is 0 Å². The molecule has 0 bridgehead atoms. The molecular weight excluding hydrogens is 296 g/mol. The molecule has 2 rings (SSSR count). The summed E-state index contributed by atoms with van der Waals surface area (Å²) in [7, 11) is -1.61. The predicted octanol–water partition coefficient (Wildman–Crippen LogP) is 0.666. The van der Waals surface area contributed by atoms with Gasteiger partial charge in [0, 0.05) is 24.0 Å². The van der Waals surface area contributed by atoms with Gasteiger partial charge < -0.3 is 5.32 Å². The van der Waals surface area contributed by atoms with E-state index in [2.05, 4.69) is 22.1 Å². The fourth-order valence-corrected chi connectivity index (χ4v) is 4.60. The molecular formula is C12H22N4O2S2. The van der Waals surface area contributed by atoms with Crippen LogP contribution in [0.2, 0.25) is 0 Å². The van der Waals surface area contributed by atoms with Crippen LogP contribution in [0.25, 0.3) is 0 Å². The molecule has 1 aromatic rings. The highest BCUT2D eigenvalue weighted by Crippen LogP contribution is 2.37. The number of hydrogen-bond acceptors (Lipinski definition) is 5. The first kappa shape index (κ1) is 15.8. The average molecular weight is 318 g/mol. The summed E-state index contributed by atoms with van der Waals surface area (Å²) < 4.78 is 28.8. The molecule has 114 valence electrons. The maximum Gasteiger partial charge on any atom is 0.243 e. The molecule has 6 nitrogen and oxygen atoms in total. The fraction of sp³-hybridized carbons (Fsp3) is 0.750. The Balaban J connectivity index is 1.97. The molecule has 2 heterocycles. The molecule has 1 unspecified atom stereocenters. The summed E-state index contributed by atoms with van der Waals surface area (Å²) in [5, 5.41) is 7.07. The molecule has 20 heavy (non-hydrogen) atoms. The molecule has 1 fully saturated rings. The van der Waals surface area contributed by atoms with E-state index in [1.165, 1.54) is 6.20 Å². The summed E-state index contributed by atoms with van der Waals surface area (Å²) in [6.07, 6.45) is 5.19. The molecule has 1 aliphatic rings. The Hall–Kier alpha value is -0.570. The van der Waals surface area contributed by atoms with Gasteiger partial charge in [-0.15, -0.1) is 0 Å². The molecule has 1 atom stereocenters. The minimum atomic E-state index is -3.46. The molecule has 0 amide bonds. The van der Waals surface area contributed by atoms with Crippen molar-refractivity contribution in [2.45, 2.75) is 36.0 Å². The second-order valence-electron chi connectivity index (χ2n) is 5.27. The van der Waals surface area contributed by atoms with Crippen LogP contribution in [0.4, 0.5) is 0 Å². The van der Waals surface area contributed by atoms with Crippen LogP contribution in [0.15, 0.2) is 17.3 Å². The van der Waals surface area contributed by atoms with Crippen LogP contribution in [0.3, 0.4) is 0 Å². The lowest BCUT2D eigenvalue weighted by Crippen LogP contribution is -2.36. The molecule has 8 heteroatoms. The molecule has 1 aliphatic heterocycles. The van der Waals surface area contributed by atoms with E-state index in [1.807, 2.05) is 18.8 Å². The first-order valence-electron chi connectivity index (χ1n) is 6.76. The third-order valence-electron chi connectivity index (χ3n) is 3.45. The van der Waals surface area contributed by atoms with Gasteiger partial charge in [-0.05, 0) is 32.6 Å². The first-order valence-corrected chi connectivity index (χ1v) is 9.23. The quantitative estimate of drug-likeness (QED) is 0.773. The van der Waals surface area contributed by atoms with Gasteiger partial charge in [0.05, 0.1) is 12.7 Å². The van der Waals surface area contributed by atoms with Gasteiger partial charge in [-0.25, -0.2) is 13.1 Å². The largest absolute Gasteiger partial charge is 0.318 e. The van der Waals surface area contributed by atoms with E-state index >= 15 is 0 Å². The average Bonchev–Trinajstić information content (AvgIpc) is 3.04. The highest BCUT2D eigenvalue weighted by molar-refractivity contribution is 8.01. The minimum Gasteiger partial charge on any atom is -0.318 e. The van der Waals surface area contributed by atoms with Gasteiger partial charge in [0.25, 0.3) is 0 Å². The predicted molar refractivity (Wildman–Crippen MR) is 81.4 cm³/mol. The summed E-state index contributed by atoms with van der Waals surface area (Å²) in [5.74, 6) is 1.11. The van der Waals surface area contributed by atoms with Crippen molar-refractivity contribution >= 4 is 21.8 Å². The Kier molecular flexibility index (Phi) is 5.11. The maximum absolute atomic E-state index is 12.2. The smallest absolute Gasteiger partial charge is 0.243 e. The highest BCUT2D eigenvalue weighted by Gasteiger charge is 2.31. The summed E-state index contributed by atoms with van der Waals surface area (Å²) in [4.78, 5) is 0.236. The van der Waals surface area contributed by atoms with Crippen LogP contribution < -0.4 is 10.0 Å². The maximum atomic E-state index is 12.2. The van der Waals surface area contributed by atoms with Crippen LogP contribution in [0.1, 0.15) is 19.8 Å². The van der Waals surface area contributed by atoms with Gasteiger partial charge >= 0.3 is 0 Å². The van der Waals surface area contributed by atoms with Crippen molar-refractivity contribution in [1.29, 1.82) is 0 Å². The van der Waals surface area contributed by atoms with E-state index in [0.717, 1.165) is 25.1 Å². The molecule has 2 N–H and O–H groups in total.